The highest BCUT2D eigenvalue weighted by atomic mass is 127. The number of benzene rings is 1. The van der Waals surface area contributed by atoms with Gasteiger partial charge in [0.2, 0.25) is 10.0 Å². The van der Waals surface area contributed by atoms with Crippen LogP contribution in [0.4, 0.5) is 0 Å². The highest BCUT2D eigenvalue weighted by Crippen LogP contribution is 2.09. The van der Waals surface area contributed by atoms with Crippen LogP contribution in [0.15, 0.2) is 34.2 Å². The Morgan fingerprint density at radius 2 is 1.83 bits per heavy atom. The van der Waals surface area contributed by atoms with E-state index in [0.29, 0.717) is 19.0 Å². The third-order valence-corrected chi connectivity index (χ3v) is 4.34. The second-order valence-corrected chi connectivity index (χ2v) is 7.32. The maximum atomic E-state index is 11.2. The van der Waals surface area contributed by atoms with E-state index in [1.807, 2.05) is 13.8 Å². The molecule has 1 aromatic carbocycles. The first kappa shape index (κ1) is 23.1. The smallest absolute Gasteiger partial charge is 0.238 e. The minimum Gasteiger partial charge on any atom is -0.377 e. The maximum absolute atomic E-state index is 11.2. The van der Waals surface area contributed by atoms with E-state index < -0.39 is 10.0 Å². The largest absolute Gasteiger partial charge is 0.377 e. The summed E-state index contributed by atoms with van der Waals surface area (Å²) < 4.78 is 27.7. The number of halogens is 1. The van der Waals surface area contributed by atoms with Gasteiger partial charge in [0, 0.05) is 27.2 Å². The van der Waals surface area contributed by atoms with Crippen LogP contribution in [0.2, 0.25) is 0 Å². The number of hydrogen-bond acceptors (Lipinski definition) is 4. The van der Waals surface area contributed by atoms with Gasteiger partial charge in [-0.3, -0.25) is 4.99 Å². The zero-order valence-corrected chi connectivity index (χ0v) is 17.6. The fraction of sp³-hybridized carbons (Fsp3) is 0.533. The molecule has 0 spiro atoms. The van der Waals surface area contributed by atoms with Gasteiger partial charge in [-0.25, -0.2) is 13.6 Å². The summed E-state index contributed by atoms with van der Waals surface area (Å²) in [6.07, 6.45) is 0.735. The van der Waals surface area contributed by atoms with Gasteiger partial charge in [0.25, 0.3) is 0 Å². The Morgan fingerprint density at radius 3 is 2.29 bits per heavy atom. The molecule has 9 heteroatoms. The minimum atomic E-state index is -3.64. The Balaban J connectivity index is 0.00000529. The molecule has 7 nitrogen and oxygen atoms in total. The van der Waals surface area contributed by atoms with Crippen molar-refractivity contribution in [3.8, 4) is 0 Å². The van der Waals surface area contributed by atoms with Crippen LogP contribution >= 0.6 is 24.0 Å². The molecule has 0 aromatic heterocycles. The molecule has 138 valence electrons. The van der Waals surface area contributed by atoms with E-state index in [-0.39, 0.29) is 34.5 Å². The lowest BCUT2D eigenvalue weighted by Crippen LogP contribution is -2.45. The molecular weight excluding hydrogens is 443 g/mol. The van der Waals surface area contributed by atoms with Crippen molar-refractivity contribution in [2.75, 3.05) is 27.2 Å². The van der Waals surface area contributed by atoms with Crippen molar-refractivity contribution in [2.45, 2.75) is 30.8 Å². The van der Waals surface area contributed by atoms with Crippen LogP contribution in [0.5, 0.6) is 0 Å². The van der Waals surface area contributed by atoms with Crippen molar-refractivity contribution in [1.29, 1.82) is 0 Å². The number of rotatable bonds is 7. The van der Waals surface area contributed by atoms with Crippen LogP contribution in [0.25, 0.3) is 0 Å². The number of aliphatic imine (C=N–C) groups is 1. The van der Waals surface area contributed by atoms with Gasteiger partial charge in [0.15, 0.2) is 5.96 Å². The molecule has 0 saturated carbocycles. The molecule has 0 aliphatic rings. The summed E-state index contributed by atoms with van der Waals surface area (Å²) in [6, 6.07) is 6.54. The predicted octanol–water partition coefficient (Wildman–Crippen LogP) is 1.08. The lowest BCUT2D eigenvalue weighted by molar-refractivity contribution is 0.0268. The zero-order valence-electron chi connectivity index (χ0n) is 14.5. The van der Waals surface area contributed by atoms with Gasteiger partial charge in [-0.1, -0.05) is 12.1 Å². The van der Waals surface area contributed by atoms with E-state index in [2.05, 4.69) is 15.6 Å². The SMILES string of the molecule is CN=C(NCCc1ccc(S(N)(=O)=O)cc1)NCC(C)(C)OC.I. The molecule has 0 radical (unpaired) electrons. The van der Waals surface area contributed by atoms with E-state index in [4.69, 9.17) is 9.88 Å². The van der Waals surface area contributed by atoms with Crippen LogP contribution in [0, 0.1) is 0 Å². The summed E-state index contributed by atoms with van der Waals surface area (Å²) in [6.45, 7) is 5.27. The molecule has 0 amide bonds. The second-order valence-electron chi connectivity index (χ2n) is 5.76. The average molecular weight is 470 g/mol. The lowest BCUT2D eigenvalue weighted by atomic mass is 10.1. The van der Waals surface area contributed by atoms with E-state index in [1.165, 1.54) is 12.1 Å². The summed E-state index contributed by atoms with van der Waals surface area (Å²) in [5.74, 6) is 0.691. The van der Waals surface area contributed by atoms with Crippen molar-refractivity contribution >= 4 is 40.0 Å². The highest BCUT2D eigenvalue weighted by molar-refractivity contribution is 14.0. The van der Waals surface area contributed by atoms with Crippen LogP contribution < -0.4 is 15.8 Å². The van der Waals surface area contributed by atoms with E-state index >= 15 is 0 Å². The molecule has 0 aliphatic carbocycles. The number of nitrogens with two attached hydrogens (primary N) is 1. The summed E-state index contributed by atoms with van der Waals surface area (Å²) >= 11 is 0. The number of hydrogen-bond donors (Lipinski definition) is 3. The number of methoxy groups -OCH3 is 1. The number of primary sulfonamides is 1. The van der Waals surface area contributed by atoms with Gasteiger partial charge in [0.1, 0.15) is 0 Å². The van der Waals surface area contributed by atoms with Crippen LogP contribution in [-0.4, -0.2) is 47.2 Å². The first-order valence-electron chi connectivity index (χ1n) is 7.29. The standard InChI is InChI=1S/C15H26N4O3S.HI/c1-15(2,22-4)11-19-14(17-3)18-10-9-12-5-7-13(8-6-12)23(16,20)21;/h5-8H,9-11H2,1-4H3,(H2,16,20,21)(H2,17,18,19);1H. The molecule has 0 bridgehead atoms. The molecule has 0 atom stereocenters. The molecular formula is C15H27IN4O3S. The molecule has 24 heavy (non-hydrogen) atoms. The number of guanidine groups is 1. The fourth-order valence-corrected chi connectivity index (χ4v) is 2.28. The van der Waals surface area contributed by atoms with Crippen molar-refractivity contribution < 1.29 is 13.2 Å². The van der Waals surface area contributed by atoms with Crippen LogP contribution in [0.3, 0.4) is 0 Å². The molecule has 0 fully saturated rings. The van der Waals surface area contributed by atoms with Gasteiger partial charge in [0.05, 0.1) is 10.5 Å². The highest BCUT2D eigenvalue weighted by Gasteiger charge is 2.16. The predicted molar refractivity (Wildman–Crippen MR) is 107 cm³/mol. The van der Waals surface area contributed by atoms with E-state index in [0.717, 1.165) is 12.0 Å². The summed E-state index contributed by atoms with van der Waals surface area (Å²) in [5.41, 5.74) is 0.735. The third-order valence-electron chi connectivity index (χ3n) is 3.42. The average Bonchev–Trinajstić information content (AvgIpc) is 2.50. The molecule has 1 aromatic rings. The van der Waals surface area contributed by atoms with E-state index in [1.54, 1.807) is 26.3 Å². The Morgan fingerprint density at radius 1 is 1.25 bits per heavy atom. The second kappa shape index (κ2) is 10.2. The number of ether oxygens (including phenoxy) is 1. The Labute approximate surface area is 161 Å². The number of nitrogens with zero attached hydrogens (tertiary/aromatic N) is 1. The van der Waals surface area contributed by atoms with Crippen molar-refractivity contribution in [3.63, 3.8) is 0 Å². The van der Waals surface area contributed by atoms with Gasteiger partial charge in [-0.15, -0.1) is 24.0 Å². The monoisotopic (exact) mass is 470 g/mol. The third kappa shape index (κ3) is 8.27. The summed E-state index contributed by atoms with van der Waals surface area (Å²) in [4.78, 5) is 4.27. The van der Waals surface area contributed by atoms with Gasteiger partial charge in [-0.05, 0) is 38.0 Å². The number of sulfonamides is 1. The lowest BCUT2D eigenvalue weighted by Gasteiger charge is -2.24. The first-order valence-corrected chi connectivity index (χ1v) is 8.84. The van der Waals surface area contributed by atoms with Gasteiger partial charge >= 0.3 is 0 Å². The zero-order chi connectivity index (χ0) is 17.5. The molecule has 0 saturated heterocycles. The van der Waals surface area contributed by atoms with Crippen LogP contribution in [0.1, 0.15) is 19.4 Å². The Kier molecular flexibility index (Phi) is 9.78. The van der Waals surface area contributed by atoms with Gasteiger partial charge < -0.3 is 15.4 Å². The fourth-order valence-electron chi connectivity index (χ4n) is 1.76. The van der Waals surface area contributed by atoms with Gasteiger partial charge in [-0.2, -0.15) is 0 Å². The van der Waals surface area contributed by atoms with Crippen molar-refractivity contribution in [1.82, 2.24) is 10.6 Å². The van der Waals surface area contributed by atoms with Crippen molar-refractivity contribution in [2.24, 2.45) is 10.1 Å². The van der Waals surface area contributed by atoms with Crippen LogP contribution in [-0.2, 0) is 21.2 Å². The molecule has 0 heterocycles. The minimum absolute atomic E-state index is 0. The summed E-state index contributed by atoms with van der Waals surface area (Å²) in [5, 5.41) is 11.5. The van der Waals surface area contributed by atoms with Crippen molar-refractivity contribution in [3.05, 3.63) is 29.8 Å². The maximum Gasteiger partial charge on any atom is 0.238 e. The van der Waals surface area contributed by atoms with E-state index in [9.17, 15) is 8.42 Å². The quantitative estimate of drug-likeness (QED) is 0.314. The Bertz CT molecular complexity index is 631. The molecule has 0 aliphatic heterocycles. The first-order chi connectivity index (χ1) is 10.7. The normalized spacial score (nSPS) is 12.5. The Hall–Kier alpha value is -0.910. The summed E-state index contributed by atoms with van der Waals surface area (Å²) in [7, 11) is -0.264. The topological polar surface area (TPSA) is 106 Å². The molecule has 0 unspecified atom stereocenters. The molecule has 1 rings (SSSR count). The molecule has 4 N–H and O–H groups in total. The number of nitrogens with one attached hydrogen (secondary N) is 2.